The number of methoxy groups -OCH3 is 1. The molecule has 3 heterocycles. The van der Waals surface area contributed by atoms with Crippen LogP contribution in [0.4, 0.5) is 11.8 Å². The van der Waals surface area contributed by atoms with E-state index in [-0.39, 0.29) is 23.4 Å². The third kappa shape index (κ3) is 3.67. The van der Waals surface area contributed by atoms with Crippen molar-refractivity contribution in [1.82, 2.24) is 15.0 Å². The lowest BCUT2D eigenvalue weighted by Gasteiger charge is -2.22. The second kappa shape index (κ2) is 7.76. The molecule has 1 aliphatic heterocycles. The zero-order chi connectivity index (χ0) is 20.6. The van der Waals surface area contributed by atoms with E-state index >= 15 is 0 Å². The first kappa shape index (κ1) is 20.1. The van der Waals surface area contributed by atoms with Gasteiger partial charge in [-0.05, 0) is 13.8 Å². The zero-order valence-electron chi connectivity index (χ0n) is 15.9. The third-order valence-corrected chi connectivity index (χ3v) is 5.17. The Morgan fingerprint density at radius 1 is 1.50 bits per heavy atom. The van der Waals surface area contributed by atoms with Crippen molar-refractivity contribution >= 4 is 29.3 Å². The number of aliphatic hydroxyl groups is 1. The quantitative estimate of drug-likeness (QED) is 0.612. The van der Waals surface area contributed by atoms with E-state index in [9.17, 15) is 9.90 Å². The van der Waals surface area contributed by atoms with Crippen LogP contribution in [-0.2, 0) is 11.3 Å². The molecular weight excluding hydrogens is 384 g/mol. The minimum absolute atomic E-state index is 0.0557. The summed E-state index contributed by atoms with van der Waals surface area (Å²) in [6, 6.07) is 0. The van der Waals surface area contributed by atoms with E-state index in [0.717, 1.165) is 11.3 Å². The van der Waals surface area contributed by atoms with Crippen molar-refractivity contribution in [3.8, 4) is 5.75 Å². The number of ether oxygens (including phenoxy) is 1. The van der Waals surface area contributed by atoms with Crippen LogP contribution in [-0.4, -0.2) is 39.6 Å². The Bertz CT molecular complexity index is 921. The average Bonchev–Trinajstić information content (AvgIpc) is 2.92. The number of fused-ring (bicyclic) bond motifs is 1. The van der Waals surface area contributed by atoms with E-state index in [1.165, 1.54) is 0 Å². The Kier molecular flexibility index (Phi) is 5.57. The highest BCUT2D eigenvalue weighted by Crippen LogP contribution is 2.42. The highest BCUT2D eigenvalue weighted by Gasteiger charge is 2.35. The molecule has 0 aromatic carbocycles. The van der Waals surface area contributed by atoms with Crippen LogP contribution < -0.4 is 21.1 Å². The normalized spacial score (nSPS) is 16.8. The summed E-state index contributed by atoms with van der Waals surface area (Å²) < 4.78 is 5.48. The molecule has 0 saturated heterocycles. The van der Waals surface area contributed by atoms with Crippen LogP contribution in [0.15, 0.2) is 6.20 Å². The molecule has 0 saturated carbocycles. The monoisotopic (exact) mass is 406 g/mol. The molecule has 2 aromatic rings. The molecule has 0 radical (unpaired) electrons. The molecule has 1 amide bonds. The zero-order valence-corrected chi connectivity index (χ0v) is 16.7. The fourth-order valence-electron chi connectivity index (χ4n) is 3.59. The standard InChI is InChI=1S/C18H23ClN6O3/c1-8-12(22-5-11(9(2)26)15(8)28-3)7-25-6-10(4-13(20)27)14-16(19)23-18(21)24-17(14)25/h5,9-10,26H,4,6-7H2,1-3H3,(H2,20,27)(H2,21,23,24). The largest absolute Gasteiger partial charge is 0.496 e. The number of halogens is 1. The van der Waals surface area contributed by atoms with Gasteiger partial charge in [0.2, 0.25) is 11.9 Å². The summed E-state index contributed by atoms with van der Waals surface area (Å²) in [7, 11) is 1.56. The van der Waals surface area contributed by atoms with Crippen molar-refractivity contribution in [3.05, 3.63) is 33.7 Å². The summed E-state index contributed by atoms with van der Waals surface area (Å²) in [5.41, 5.74) is 14.0. The topological polar surface area (TPSA) is 140 Å². The van der Waals surface area contributed by atoms with Gasteiger partial charge in [-0.2, -0.15) is 4.98 Å². The highest BCUT2D eigenvalue weighted by atomic mass is 35.5. The molecule has 2 unspecified atom stereocenters. The number of hydrogen-bond acceptors (Lipinski definition) is 8. The number of aliphatic hydroxyl groups excluding tert-OH is 1. The summed E-state index contributed by atoms with van der Waals surface area (Å²) in [4.78, 5) is 26.3. The summed E-state index contributed by atoms with van der Waals surface area (Å²) in [6.07, 6.45) is 1.03. The summed E-state index contributed by atoms with van der Waals surface area (Å²) >= 11 is 6.28. The molecule has 2 aromatic heterocycles. The van der Waals surface area contributed by atoms with Crippen LogP contribution in [0.25, 0.3) is 0 Å². The Hall–Kier alpha value is -2.65. The fourth-order valence-corrected chi connectivity index (χ4v) is 3.92. The van der Waals surface area contributed by atoms with Crippen LogP contribution in [0, 0.1) is 6.92 Å². The molecular formula is C18H23ClN6O3. The minimum atomic E-state index is -0.700. The van der Waals surface area contributed by atoms with E-state index in [4.69, 9.17) is 27.8 Å². The lowest BCUT2D eigenvalue weighted by atomic mass is 10.0. The molecule has 2 atom stereocenters. The number of aromatic nitrogens is 3. The van der Waals surface area contributed by atoms with Gasteiger partial charge in [0.1, 0.15) is 16.7 Å². The Morgan fingerprint density at radius 2 is 2.21 bits per heavy atom. The van der Waals surface area contributed by atoms with Gasteiger partial charge in [-0.1, -0.05) is 11.6 Å². The number of anilines is 2. The van der Waals surface area contributed by atoms with E-state index in [0.29, 0.717) is 35.8 Å². The molecule has 28 heavy (non-hydrogen) atoms. The van der Waals surface area contributed by atoms with Gasteiger partial charge in [0.05, 0.1) is 25.5 Å². The van der Waals surface area contributed by atoms with Gasteiger partial charge in [-0.25, -0.2) is 4.98 Å². The van der Waals surface area contributed by atoms with Crippen LogP contribution in [0.3, 0.4) is 0 Å². The van der Waals surface area contributed by atoms with Crippen molar-refractivity contribution in [2.75, 3.05) is 24.3 Å². The molecule has 10 heteroatoms. The number of pyridine rings is 1. The first-order chi connectivity index (χ1) is 13.2. The number of carbonyl (C=O) groups is 1. The molecule has 0 bridgehead atoms. The molecule has 0 spiro atoms. The molecule has 0 fully saturated rings. The third-order valence-electron chi connectivity index (χ3n) is 4.88. The average molecular weight is 407 g/mol. The number of nitrogen functional groups attached to an aromatic ring is 1. The molecule has 0 aliphatic carbocycles. The smallest absolute Gasteiger partial charge is 0.223 e. The number of amides is 1. The van der Waals surface area contributed by atoms with E-state index in [1.807, 2.05) is 11.8 Å². The van der Waals surface area contributed by atoms with Crippen LogP contribution in [0.1, 0.15) is 47.8 Å². The Labute approximate surface area is 167 Å². The van der Waals surface area contributed by atoms with Gasteiger partial charge >= 0.3 is 0 Å². The Balaban J connectivity index is 1.99. The first-order valence-corrected chi connectivity index (χ1v) is 9.17. The van der Waals surface area contributed by atoms with Crippen molar-refractivity contribution in [1.29, 1.82) is 0 Å². The van der Waals surface area contributed by atoms with Gasteiger partial charge in [0.15, 0.2) is 0 Å². The SMILES string of the molecule is COc1c(C(C)O)cnc(CN2CC(CC(N)=O)c3c(Cl)nc(N)nc32)c1C. The molecule has 150 valence electrons. The number of rotatable bonds is 6. The van der Waals surface area contributed by atoms with Gasteiger partial charge in [-0.3, -0.25) is 9.78 Å². The predicted octanol–water partition coefficient (Wildman–Crippen LogP) is 1.46. The van der Waals surface area contributed by atoms with Crippen molar-refractivity contribution in [2.24, 2.45) is 5.73 Å². The molecule has 3 rings (SSSR count). The maximum atomic E-state index is 11.5. The second-order valence-electron chi connectivity index (χ2n) is 6.85. The van der Waals surface area contributed by atoms with Gasteiger partial charge < -0.3 is 26.2 Å². The fraction of sp³-hybridized carbons (Fsp3) is 0.444. The maximum absolute atomic E-state index is 11.5. The van der Waals surface area contributed by atoms with Gasteiger partial charge in [0.25, 0.3) is 0 Å². The number of hydrogen-bond donors (Lipinski definition) is 3. The lowest BCUT2D eigenvalue weighted by Crippen LogP contribution is -2.25. The van der Waals surface area contributed by atoms with Crippen LogP contribution >= 0.6 is 11.6 Å². The number of nitrogens with zero attached hydrogens (tertiary/aromatic N) is 4. The lowest BCUT2D eigenvalue weighted by molar-refractivity contribution is -0.118. The first-order valence-electron chi connectivity index (χ1n) is 8.79. The number of carbonyl (C=O) groups excluding carboxylic acids is 1. The number of primary amides is 1. The van der Waals surface area contributed by atoms with Gasteiger partial charge in [0, 0.05) is 41.8 Å². The minimum Gasteiger partial charge on any atom is -0.496 e. The second-order valence-corrected chi connectivity index (χ2v) is 7.21. The van der Waals surface area contributed by atoms with E-state index in [2.05, 4.69) is 15.0 Å². The van der Waals surface area contributed by atoms with E-state index in [1.54, 1.807) is 20.2 Å². The van der Waals surface area contributed by atoms with E-state index < -0.39 is 12.0 Å². The summed E-state index contributed by atoms with van der Waals surface area (Å²) in [5, 5.41) is 10.2. The predicted molar refractivity (Wildman–Crippen MR) is 105 cm³/mol. The molecule has 5 N–H and O–H groups in total. The van der Waals surface area contributed by atoms with Crippen LogP contribution in [0.2, 0.25) is 5.15 Å². The molecule has 1 aliphatic rings. The Morgan fingerprint density at radius 3 is 2.82 bits per heavy atom. The van der Waals surface area contributed by atoms with Crippen molar-refractivity contribution in [3.63, 3.8) is 0 Å². The summed E-state index contributed by atoms with van der Waals surface area (Å²) in [5.74, 6) is 0.569. The highest BCUT2D eigenvalue weighted by molar-refractivity contribution is 6.30. The number of nitrogens with two attached hydrogens (primary N) is 2. The maximum Gasteiger partial charge on any atom is 0.223 e. The molecule has 9 nitrogen and oxygen atoms in total. The van der Waals surface area contributed by atoms with Crippen molar-refractivity contribution in [2.45, 2.75) is 38.8 Å². The van der Waals surface area contributed by atoms with Crippen molar-refractivity contribution < 1.29 is 14.6 Å². The summed E-state index contributed by atoms with van der Waals surface area (Å²) in [6.45, 7) is 4.42. The van der Waals surface area contributed by atoms with Crippen LogP contribution in [0.5, 0.6) is 5.75 Å². The van der Waals surface area contributed by atoms with Gasteiger partial charge in [-0.15, -0.1) is 0 Å².